The number of carbonyl (C=O) groups is 1. The Morgan fingerprint density at radius 3 is 2.86 bits per heavy atom. The molecule has 0 unspecified atom stereocenters. The predicted octanol–water partition coefficient (Wildman–Crippen LogP) is 1.22. The SMILES string of the molecule is Cn1cc(CCC2(C(=O)O)CC2)cn1. The molecule has 1 aromatic rings. The van der Waals surface area contributed by atoms with Gasteiger partial charge in [-0.05, 0) is 31.2 Å². The van der Waals surface area contributed by atoms with E-state index in [-0.39, 0.29) is 0 Å². The topological polar surface area (TPSA) is 55.1 Å². The van der Waals surface area contributed by atoms with Crippen molar-refractivity contribution < 1.29 is 9.90 Å². The van der Waals surface area contributed by atoms with Gasteiger partial charge >= 0.3 is 5.97 Å². The molecule has 0 saturated heterocycles. The highest BCUT2D eigenvalue weighted by molar-refractivity contribution is 5.77. The smallest absolute Gasteiger partial charge is 0.309 e. The molecule has 4 heteroatoms. The van der Waals surface area contributed by atoms with E-state index >= 15 is 0 Å². The van der Waals surface area contributed by atoms with E-state index in [0.717, 1.165) is 31.2 Å². The Labute approximate surface area is 82.5 Å². The Morgan fingerprint density at radius 2 is 2.43 bits per heavy atom. The van der Waals surface area contributed by atoms with Gasteiger partial charge in [-0.15, -0.1) is 0 Å². The van der Waals surface area contributed by atoms with Crippen LogP contribution in [0.1, 0.15) is 24.8 Å². The second-order valence-corrected chi connectivity index (χ2v) is 4.11. The maximum absolute atomic E-state index is 10.9. The molecule has 0 radical (unpaired) electrons. The highest BCUT2D eigenvalue weighted by Gasteiger charge is 2.49. The quantitative estimate of drug-likeness (QED) is 0.784. The third-order valence-corrected chi connectivity index (χ3v) is 2.96. The number of nitrogens with zero attached hydrogens (tertiary/aromatic N) is 2. The van der Waals surface area contributed by atoms with Crippen molar-refractivity contribution in [1.82, 2.24) is 9.78 Å². The molecule has 0 aliphatic heterocycles. The largest absolute Gasteiger partial charge is 0.481 e. The first-order valence-electron chi connectivity index (χ1n) is 4.83. The second-order valence-electron chi connectivity index (χ2n) is 4.11. The van der Waals surface area contributed by atoms with Crippen LogP contribution in [0.25, 0.3) is 0 Å². The normalized spacial score (nSPS) is 18.1. The summed E-state index contributed by atoms with van der Waals surface area (Å²) in [5.74, 6) is -0.638. The van der Waals surface area contributed by atoms with Crippen molar-refractivity contribution in [2.45, 2.75) is 25.7 Å². The van der Waals surface area contributed by atoms with Gasteiger partial charge in [0, 0.05) is 13.2 Å². The number of carboxylic acids is 1. The summed E-state index contributed by atoms with van der Waals surface area (Å²) >= 11 is 0. The van der Waals surface area contributed by atoms with Crippen LogP contribution in [-0.4, -0.2) is 20.9 Å². The number of aryl methyl sites for hydroxylation is 2. The first kappa shape index (κ1) is 9.24. The van der Waals surface area contributed by atoms with E-state index in [4.69, 9.17) is 5.11 Å². The van der Waals surface area contributed by atoms with Crippen molar-refractivity contribution in [3.05, 3.63) is 18.0 Å². The lowest BCUT2D eigenvalue weighted by Gasteiger charge is -2.07. The summed E-state index contributed by atoms with van der Waals surface area (Å²) in [7, 11) is 1.87. The third-order valence-electron chi connectivity index (χ3n) is 2.96. The van der Waals surface area contributed by atoms with Crippen molar-refractivity contribution >= 4 is 5.97 Å². The first-order valence-corrected chi connectivity index (χ1v) is 4.83. The summed E-state index contributed by atoms with van der Waals surface area (Å²) in [5, 5.41) is 13.0. The van der Waals surface area contributed by atoms with Crippen LogP contribution in [-0.2, 0) is 18.3 Å². The Balaban J connectivity index is 1.92. The molecule has 1 N–H and O–H groups in total. The lowest BCUT2D eigenvalue weighted by molar-refractivity contribution is -0.143. The van der Waals surface area contributed by atoms with Crippen LogP contribution in [0.3, 0.4) is 0 Å². The summed E-state index contributed by atoms with van der Waals surface area (Å²) in [6, 6.07) is 0. The predicted molar refractivity (Wildman–Crippen MR) is 50.8 cm³/mol. The standard InChI is InChI=1S/C10H14N2O2/c1-12-7-8(6-11-12)2-3-10(4-5-10)9(13)14/h6-7H,2-5H2,1H3,(H,13,14). The summed E-state index contributed by atoms with van der Waals surface area (Å²) in [6.07, 6.45) is 6.98. The summed E-state index contributed by atoms with van der Waals surface area (Å²) in [5.41, 5.74) is 0.718. The van der Waals surface area contributed by atoms with E-state index in [2.05, 4.69) is 5.10 Å². The third kappa shape index (κ3) is 1.64. The lowest BCUT2D eigenvalue weighted by Crippen LogP contribution is -2.15. The Bertz CT molecular complexity index is 353. The lowest BCUT2D eigenvalue weighted by atomic mass is 9.98. The van der Waals surface area contributed by atoms with E-state index in [0.29, 0.717) is 0 Å². The Kier molecular flexibility index (Phi) is 2.06. The molecule has 0 aromatic carbocycles. The van der Waals surface area contributed by atoms with Crippen LogP contribution in [0.2, 0.25) is 0 Å². The van der Waals surface area contributed by atoms with Gasteiger partial charge in [0.05, 0.1) is 11.6 Å². The molecule has 1 heterocycles. The molecule has 76 valence electrons. The number of hydrogen-bond acceptors (Lipinski definition) is 2. The average Bonchev–Trinajstić information content (AvgIpc) is 2.82. The van der Waals surface area contributed by atoms with E-state index in [9.17, 15) is 4.79 Å². The zero-order valence-corrected chi connectivity index (χ0v) is 8.23. The number of rotatable bonds is 4. The van der Waals surface area contributed by atoms with E-state index in [1.807, 2.05) is 13.2 Å². The number of aliphatic carboxylic acids is 1. The zero-order valence-electron chi connectivity index (χ0n) is 8.23. The highest BCUT2D eigenvalue weighted by Crippen LogP contribution is 2.49. The van der Waals surface area contributed by atoms with Crippen LogP contribution in [0.4, 0.5) is 0 Å². The Morgan fingerprint density at radius 1 is 1.71 bits per heavy atom. The average molecular weight is 194 g/mol. The van der Waals surface area contributed by atoms with Gasteiger partial charge in [-0.2, -0.15) is 5.10 Å². The van der Waals surface area contributed by atoms with Gasteiger partial charge in [-0.3, -0.25) is 9.48 Å². The molecule has 0 bridgehead atoms. The van der Waals surface area contributed by atoms with Gasteiger partial charge in [0.1, 0.15) is 0 Å². The van der Waals surface area contributed by atoms with Crippen molar-refractivity contribution in [2.75, 3.05) is 0 Å². The molecule has 2 rings (SSSR count). The fourth-order valence-electron chi connectivity index (χ4n) is 1.71. The van der Waals surface area contributed by atoms with E-state index < -0.39 is 11.4 Å². The van der Waals surface area contributed by atoms with Crippen LogP contribution < -0.4 is 0 Å². The molecule has 14 heavy (non-hydrogen) atoms. The maximum atomic E-state index is 10.9. The molecule has 1 aliphatic carbocycles. The van der Waals surface area contributed by atoms with Gasteiger partial charge in [-0.1, -0.05) is 0 Å². The zero-order chi connectivity index (χ0) is 10.2. The summed E-state index contributed by atoms with van der Waals surface area (Å²) < 4.78 is 1.75. The summed E-state index contributed by atoms with van der Waals surface area (Å²) in [6.45, 7) is 0. The molecular weight excluding hydrogens is 180 g/mol. The van der Waals surface area contributed by atoms with Crippen LogP contribution in [0.5, 0.6) is 0 Å². The minimum atomic E-state index is -0.638. The molecule has 0 atom stereocenters. The number of carboxylic acid groups (broad SMARTS) is 1. The van der Waals surface area contributed by atoms with Gasteiger partial charge in [-0.25, -0.2) is 0 Å². The number of aromatic nitrogens is 2. The van der Waals surface area contributed by atoms with Gasteiger partial charge in [0.25, 0.3) is 0 Å². The maximum Gasteiger partial charge on any atom is 0.309 e. The monoisotopic (exact) mass is 194 g/mol. The van der Waals surface area contributed by atoms with Crippen molar-refractivity contribution in [3.63, 3.8) is 0 Å². The van der Waals surface area contributed by atoms with Crippen molar-refractivity contribution in [3.8, 4) is 0 Å². The fraction of sp³-hybridized carbons (Fsp3) is 0.600. The molecule has 1 aromatic heterocycles. The minimum absolute atomic E-state index is 0.407. The van der Waals surface area contributed by atoms with Crippen LogP contribution in [0, 0.1) is 5.41 Å². The molecular formula is C10H14N2O2. The molecule has 1 aliphatic rings. The molecule has 0 spiro atoms. The molecule has 1 saturated carbocycles. The minimum Gasteiger partial charge on any atom is -0.481 e. The van der Waals surface area contributed by atoms with Gasteiger partial charge in [0.2, 0.25) is 0 Å². The van der Waals surface area contributed by atoms with Crippen molar-refractivity contribution in [1.29, 1.82) is 0 Å². The van der Waals surface area contributed by atoms with Crippen molar-refractivity contribution in [2.24, 2.45) is 12.5 Å². The molecule has 0 amide bonds. The van der Waals surface area contributed by atoms with Crippen LogP contribution in [0.15, 0.2) is 12.4 Å². The van der Waals surface area contributed by atoms with E-state index in [1.54, 1.807) is 10.9 Å². The van der Waals surface area contributed by atoms with Gasteiger partial charge < -0.3 is 5.11 Å². The second kappa shape index (κ2) is 3.12. The van der Waals surface area contributed by atoms with E-state index in [1.165, 1.54) is 0 Å². The highest BCUT2D eigenvalue weighted by atomic mass is 16.4. The molecule has 4 nitrogen and oxygen atoms in total. The summed E-state index contributed by atoms with van der Waals surface area (Å²) in [4.78, 5) is 10.9. The first-order chi connectivity index (χ1) is 6.62. The van der Waals surface area contributed by atoms with Gasteiger partial charge in [0.15, 0.2) is 0 Å². The van der Waals surface area contributed by atoms with Crippen LogP contribution >= 0.6 is 0 Å². The fourth-order valence-corrected chi connectivity index (χ4v) is 1.71. The Hall–Kier alpha value is -1.32. The molecule has 1 fully saturated rings. The number of hydrogen-bond donors (Lipinski definition) is 1.